The molecule has 1 aliphatic heterocycles. The molecular formula is C11H23NO3S. The van der Waals surface area contributed by atoms with Crippen LogP contribution in [0, 0.1) is 0 Å². The smallest absolute Gasteiger partial charge is 0.156 e. The molecule has 0 spiro atoms. The molecule has 0 amide bonds. The van der Waals surface area contributed by atoms with Crippen LogP contribution in [0.5, 0.6) is 0 Å². The van der Waals surface area contributed by atoms with E-state index in [9.17, 15) is 13.5 Å². The lowest BCUT2D eigenvalue weighted by Crippen LogP contribution is -2.42. The van der Waals surface area contributed by atoms with Crippen LogP contribution in [0.2, 0.25) is 0 Å². The number of aliphatic hydroxyl groups excluding tert-OH is 1. The van der Waals surface area contributed by atoms with Crippen molar-refractivity contribution >= 4 is 9.84 Å². The second-order valence-electron chi connectivity index (χ2n) is 5.53. The zero-order valence-electron chi connectivity index (χ0n) is 10.4. The summed E-state index contributed by atoms with van der Waals surface area (Å²) in [5, 5.41) is 9.48. The van der Waals surface area contributed by atoms with Gasteiger partial charge in [-0.05, 0) is 40.2 Å². The van der Waals surface area contributed by atoms with E-state index in [1.54, 1.807) is 20.8 Å². The number of piperidine rings is 1. The standard InChI is InChI=1S/C11H23NO3S/c1-11(2,3)16(14,15)8-7-12-6-4-5-10(13)9-12/h10,13H,4-9H2,1-3H3. The topological polar surface area (TPSA) is 57.6 Å². The molecule has 0 aromatic rings. The first-order valence-electron chi connectivity index (χ1n) is 5.85. The third kappa shape index (κ3) is 3.71. The van der Waals surface area contributed by atoms with E-state index in [0.717, 1.165) is 19.4 Å². The lowest BCUT2D eigenvalue weighted by molar-refractivity contribution is 0.0740. The van der Waals surface area contributed by atoms with Crippen LogP contribution < -0.4 is 0 Å². The van der Waals surface area contributed by atoms with Crippen LogP contribution in [0.1, 0.15) is 33.6 Å². The molecule has 1 aliphatic rings. The Morgan fingerprint density at radius 2 is 2.00 bits per heavy atom. The van der Waals surface area contributed by atoms with Gasteiger partial charge in [0, 0.05) is 13.1 Å². The van der Waals surface area contributed by atoms with Gasteiger partial charge in [0.25, 0.3) is 0 Å². The zero-order valence-corrected chi connectivity index (χ0v) is 11.3. The molecule has 0 bridgehead atoms. The Morgan fingerprint density at radius 1 is 1.38 bits per heavy atom. The fourth-order valence-corrected chi connectivity index (χ4v) is 2.90. The minimum absolute atomic E-state index is 0.184. The summed E-state index contributed by atoms with van der Waals surface area (Å²) in [5.74, 6) is 0.184. The van der Waals surface area contributed by atoms with Crippen LogP contribution in [-0.2, 0) is 9.84 Å². The maximum absolute atomic E-state index is 11.9. The summed E-state index contributed by atoms with van der Waals surface area (Å²) in [7, 11) is -3.04. The Labute approximate surface area is 98.6 Å². The highest BCUT2D eigenvalue weighted by Gasteiger charge is 2.29. The third-order valence-corrected chi connectivity index (χ3v) is 5.68. The number of hydrogen-bond acceptors (Lipinski definition) is 4. The van der Waals surface area contributed by atoms with E-state index in [-0.39, 0.29) is 11.9 Å². The molecule has 1 fully saturated rings. The van der Waals surface area contributed by atoms with Crippen LogP contribution in [0.25, 0.3) is 0 Å². The molecule has 1 atom stereocenters. The first-order valence-corrected chi connectivity index (χ1v) is 7.50. The van der Waals surface area contributed by atoms with E-state index in [1.165, 1.54) is 0 Å². The molecule has 1 unspecified atom stereocenters. The summed E-state index contributed by atoms with van der Waals surface area (Å²) in [5.41, 5.74) is 0. The molecule has 1 heterocycles. The maximum Gasteiger partial charge on any atom is 0.156 e. The SMILES string of the molecule is CC(C)(C)S(=O)(=O)CCN1CCCC(O)C1. The van der Waals surface area contributed by atoms with E-state index < -0.39 is 14.6 Å². The zero-order chi connectivity index (χ0) is 12.4. The molecule has 0 aliphatic carbocycles. The molecule has 16 heavy (non-hydrogen) atoms. The Morgan fingerprint density at radius 3 is 2.50 bits per heavy atom. The molecular weight excluding hydrogens is 226 g/mol. The molecule has 0 aromatic carbocycles. The van der Waals surface area contributed by atoms with Crippen molar-refractivity contribution in [2.45, 2.75) is 44.5 Å². The van der Waals surface area contributed by atoms with Gasteiger partial charge in [-0.3, -0.25) is 4.90 Å². The number of nitrogens with zero attached hydrogens (tertiary/aromatic N) is 1. The van der Waals surface area contributed by atoms with Crippen molar-refractivity contribution in [3.63, 3.8) is 0 Å². The van der Waals surface area contributed by atoms with Gasteiger partial charge in [-0.2, -0.15) is 0 Å². The third-order valence-electron chi connectivity index (χ3n) is 3.09. The summed E-state index contributed by atoms with van der Waals surface area (Å²) < 4.78 is 23.1. The number of likely N-dealkylation sites (tertiary alicyclic amines) is 1. The van der Waals surface area contributed by atoms with Gasteiger partial charge in [-0.25, -0.2) is 8.42 Å². The Balaban J connectivity index is 2.46. The van der Waals surface area contributed by atoms with Gasteiger partial charge in [0.2, 0.25) is 0 Å². The minimum atomic E-state index is -3.04. The molecule has 1 N–H and O–H groups in total. The summed E-state index contributed by atoms with van der Waals surface area (Å²) in [4.78, 5) is 2.04. The second kappa shape index (κ2) is 5.02. The minimum Gasteiger partial charge on any atom is -0.392 e. The van der Waals surface area contributed by atoms with Crippen LogP contribution in [-0.4, -0.2) is 54.7 Å². The summed E-state index contributed by atoms with van der Waals surface area (Å²) in [6.07, 6.45) is 1.50. The van der Waals surface area contributed by atoms with Gasteiger partial charge in [0.05, 0.1) is 16.6 Å². The van der Waals surface area contributed by atoms with Gasteiger partial charge >= 0.3 is 0 Å². The number of hydrogen-bond donors (Lipinski definition) is 1. The summed E-state index contributed by atoms with van der Waals surface area (Å²) in [6, 6.07) is 0. The van der Waals surface area contributed by atoms with Crippen LogP contribution in [0.4, 0.5) is 0 Å². The Kier molecular flexibility index (Phi) is 4.37. The fourth-order valence-electron chi connectivity index (χ4n) is 1.79. The van der Waals surface area contributed by atoms with Crippen molar-refractivity contribution in [2.24, 2.45) is 0 Å². The first-order chi connectivity index (χ1) is 7.22. The summed E-state index contributed by atoms with van der Waals surface area (Å²) >= 11 is 0. The van der Waals surface area contributed by atoms with Crippen LogP contribution >= 0.6 is 0 Å². The van der Waals surface area contributed by atoms with Crippen LogP contribution in [0.15, 0.2) is 0 Å². The Hall–Kier alpha value is -0.130. The van der Waals surface area contributed by atoms with Gasteiger partial charge in [0.1, 0.15) is 0 Å². The normalized spacial score (nSPS) is 24.6. The van der Waals surface area contributed by atoms with Crippen molar-refractivity contribution in [2.75, 3.05) is 25.4 Å². The van der Waals surface area contributed by atoms with Crippen molar-refractivity contribution in [1.82, 2.24) is 4.90 Å². The largest absolute Gasteiger partial charge is 0.392 e. The molecule has 1 rings (SSSR count). The van der Waals surface area contributed by atoms with Gasteiger partial charge in [-0.15, -0.1) is 0 Å². The predicted octanol–water partition coefficient (Wildman–Crippen LogP) is 0.656. The number of rotatable bonds is 3. The molecule has 4 nitrogen and oxygen atoms in total. The van der Waals surface area contributed by atoms with Gasteiger partial charge in [0.15, 0.2) is 9.84 Å². The Bertz CT molecular complexity index is 319. The van der Waals surface area contributed by atoms with E-state index in [4.69, 9.17) is 0 Å². The average Bonchev–Trinajstić information content (AvgIpc) is 2.13. The number of sulfone groups is 1. The predicted molar refractivity (Wildman–Crippen MR) is 65.2 cm³/mol. The average molecular weight is 249 g/mol. The number of aliphatic hydroxyl groups is 1. The fraction of sp³-hybridized carbons (Fsp3) is 1.00. The maximum atomic E-state index is 11.9. The van der Waals surface area contributed by atoms with Crippen molar-refractivity contribution in [3.8, 4) is 0 Å². The quantitative estimate of drug-likeness (QED) is 0.798. The van der Waals surface area contributed by atoms with E-state index in [1.807, 2.05) is 4.90 Å². The molecule has 0 aromatic heterocycles. The van der Waals surface area contributed by atoms with Crippen molar-refractivity contribution in [1.29, 1.82) is 0 Å². The van der Waals surface area contributed by atoms with E-state index in [0.29, 0.717) is 13.1 Å². The lowest BCUT2D eigenvalue weighted by atomic mass is 10.1. The van der Waals surface area contributed by atoms with E-state index in [2.05, 4.69) is 0 Å². The molecule has 0 radical (unpaired) electrons. The van der Waals surface area contributed by atoms with Gasteiger partial charge < -0.3 is 5.11 Å². The first kappa shape index (κ1) is 13.9. The molecule has 1 saturated heterocycles. The van der Waals surface area contributed by atoms with Crippen molar-refractivity contribution in [3.05, 3.63) is 0 Å². The van der Waals surface area contributed by atoms with Crippen molar-refractivity contribution < 1.29 is 13.5 Å². The lowest BCUT2D eigenvalue weighted by Gasteiger charge is -2.30. The monoisotopic (exact) mass is 249 g/mol. The highest BCUT2D eigenvalue weighted by Crippen LogP contribution is 2.17. The molecule has 0 saturated carbocycles. The molecule has 96 valence electrons. The van der Waals surface area contributed by atoms with Gasteiger partial charge in [-0.1, -0.05) is 0 Å². The summed E-state index contributed by atoms with van der Waals surface area (Å²) in [6.45, 7) is 7.24. The molecule has 5 heteroatoms. The highest BCUT2D eigenvalue weighted by molar-refractivity contribution is 7.92. The number of β-amino-alcohol motifs (C(OH)–C–C–N with tert-alkyl or cyclic N) is 1. The second-order valence-corrected chi connectivity index (χ2v) is 8.39. The van der Waals surface area contributed by atoms with Crippen LogP contribution in [0.3, 0.4) is 0 Å². The highest BCUT2D eigenvalue weighted by atomic mass is 32.2. The van der Waals surface area contributed by atoms with E-state index >= 15 is 0 Å².